The zero-order valence-corrected chi connectivity index (χ0v) is 13.9. The van der Waals surface area contributed by atoms with Crippen molar-refractivity contribution in [3.05, 3.63) is 23.3 Å². The molecule has 0 unspecified atom stereocenters. The van der Waals surface area contributed by atoms with E-state index in [1.54, 1.807) is 16.8 Å². The van der Waals surface area contributed by atoms with Crippen molar-refractivity contribution in [2.45, 2.75) is 31.9 Å². The summed E-state index contributed by atoms with van der Waals surface area (Å²) in [6.45, 7) is 4.61. The number of fused-ring (bicyclic) bond motifs is 1. The number of piperidine rings is 1. The molecule has 2 fully saturated rings. The molecule has 4 rings (SSSR count). The molecule has 0 amide bonds. The van der Waals surface area contributed by atoms with Gasteiger partial charge in [-0.1, -0.05) is 11.3 Å². The Kier molecular flexibility index (Phi) is 4.09. The number of hydrogen-bond acceptors (Lipinski definition) is 8. The van der Waals surface area contributed by atoms with Gasteiger partial charge in [0.25, 0.3) is 0 Å². The second-order valence-corrected chi connectivity index (χ2v) is 6.99. The lowest BCUT2D eigenvalue weighted by atomic mass is 9.85. The molecule has 2 aliphatic rings. The van der Waals surface area contributed by atoms with Crippen LogP contribution in [0.25, 0.3) is 0 Å². The molecule has 4 heterocycles. The van der Waals surface area contributed by atoms with Gasteiger partial charge >= 0.3 is 0 Å². The Morgan fingerprint density at radius 3 is 3.00 bits per heavy atom. The van der Waals surface area contributed by atoms with Crippen LogP contribution in [0.5, 0.6) is 0 Å². The van der Waals surface area contributed by atoms with Crippen molar-refractivity contribution in [3.8, 4) is 0 Å². The number of anilines is 2. The molecule has 2 aromatic heterocycles. The van der Waals surface area contributed by atoms with Crippen LogP contribution in [0.4, 0.5) is 10.9 Å². The standard InChI is InChI=1S/C15H20N6OS/c1-10-4-5-13(19-18-10)17-12-8-21(15-20-16-9-23-15)7-11-3-2-6-22-14(11)12/h4-5,9,11-12,14H,2-3,6-8H2,1H3,(H,17,19)/t11-,12+,14-/m0/s1. The summed E-state index contributed by atoms with van der Waals surface area (Å²) in [6, 6.07) is 4.12. The molecule has 3 atom stereocenters. The molecule has 2 aliphatic heterocycles. The summed E-state index contributed by atoms with van der Waals surface area (Å²) in [5.74, 6) is 1.31. The van der Waals surface area contributed by atoms with Crippen molar-refractivity contribution in [1.29, 1.82) is 0 Å². The Balaban J connectivity index is 1.55. The van der Waals surface area contributed by atoms with Gasteiger partial charge in [0, 0.05) is 25.6 Å². The molecule has 0 bridgehead atoms. The summed E-state index contributed by atoms with van der Waals surface area (Å²) >= 11 is 1.59. The highest BCUT2D eigenvalue weighted by atomic mass is 32.1. The lowest BCUT2D eigenvalue weighted by molar-refractivity contribution is -0.0423. The monoisotopic (exact) mass is 332 g/mol. The normalized spacial score (nSPS) is 27.5. The number of hydrogen-bond donors (Lipinski definition) is 1. The van der Waals surface area contributed by atoms with E-state index in [1.807, 2.05) is 19.1 Å². The number of nitrogens with zero attached hydrogens (tertiary/aromatic N) is 5. The van der Waals surface area contributed by atoms with E-state index in [-0.39, 0.29) is 12.1 Å². The molecule has 0 saturated carbocycles. The van der Waals surface area contributed by atoms with E-state index >= 15 is 0 Å². The van der Waals surface area contributed by atoms with Gasteiger partial charge in [-0.05, 0) is 31.9 Å². The van der Waals surface area contributed by atoms with Crippen LogP contribution in [0.3, 0.4) is 0 Å². The molecule has 23 heavy (non-hydrogen) atoms. The van der Waals surface area contributed by atoms with Crippen LogP contribution in [0.1, 0.15) is 18.5 Å². The summed E-state index contributed by atoms with van der Waals surface area (Å²) in [5, 5.41) is 21.1. The fourth-order valence-electron chi connectivity index (χ4n) is 3.46. The van der Waals surface area contributed by atoms with Crippen LogP contribution in [0, 0.1) is 12.8 Å². The van der Waals surface area contributed by atoms with E-state index in [4.69, 9.17) is 4.74 Å². The van der Waals surface area contributed by atoms with E-state index in [0.717, 1.165) is 42.8 Å². The molecule has 122 valence electrons. The second kappa shape index (κ2) is 6.37. The van der Waals surface area contributed by atoms with E-state index < -0.39 is 0 Å². The average Bonchev–Trinajstić information content (AvgIpc) is 3.11. The molecule has 2 aromatic rings. The van der Waals surface area contributed by atoms with Gasteiger partial charge in [0.05, 0.1) is 17.8 Å². The van der Waals surface area contributed by atoms with Crippen LogP contribution in [-0.4, -0.2) is 52.2 Å². The molecule has 0 aliphatic carbocycles. The first kappa shape index (κ1) is 14.8. The lowest BCUT2D eigenvalue weighted by Crippen LogP contribution is -2.58. The van der Waals surface area contributed by atoms with Crippen molar-refractivity contribution in [3.63, 3.8) is 0 Å². The number of aromatic nitrogens is 4. The first-order chi connectivity index (χ1) is 11.3. The van der Waals surface area contributed by atoms with Crippen LogP contribution < -0.4 is 10.2 Å². The SMILES string of the molecule is Cc1ccc(N[C@@H]2CN(c3nncs3)C[C@@H]3CCCO[C@@H]32)nn1. The van der Waals surface area contributed by atoms with Crippen molar-refractivity contribution in [2.24, 2.45) is 5.92 Å². The number of ether oxygens (including phenoxy) is 1. The smallest absolute Gasteiger partial charge is 0.208 e. The third kappa shape index (κ3) is 3.13. The Morgan fingerprint density at radius 1 is 1.26 bits per heavy atom. The van der Waals surface area contributed by atoms with Gasteiger partial charge in [0.2, 0.25) is 5.13 Å². The van der Waals surface area contributed by atoms with E-state index in [9.17, 15) is 0 Å². The molecular formula is C15H20N6OS. The van der Waals surface area contributed by atoms with E-state index in [1.165, 1.54) is 6.42 Å². The van der Waals surface area contributed by atoms with Crippen molar-refractivity contribution in [1.82, 2.24) is 20.4 Å². The van der Waals surface area contributed by atoms with Crippen LogP contribution in [0.15, 0.2) is 17.6 Å². The molecule has 2 saturated heterocycles. The fraction of sp³-hybridized carbons (Fsp3) is 0.600. The maximum atomic E-state index is 6.09. The summed E-state index contributed by atoms with van der Waals surface area (Å²) in [4.78, 5) is 2.31. The largest absolute Gasteiger partial charge is 0.376 e. The summed E-state index contributed by atoms with van der Waals surface area (Å²) in [5.41, 5.74) is 2.70. The molecule has 0 radical (unpaired) electrons. The molecular weight excluding hydrogens is 312 g/mol. The van der Waals surface area contributed by atoms with Gasteiger partial charge in [0.1, 0.15) is 11.3 Å². The fourth-order valence-corrected chi connectivity index (χ4v) is 4.04. The third-order valence-electron chi connectivity index (χ3n) is 4.51. The maximum absolute atomic E-state index is 6.09. The average molecular weight is 332 g/mol. The summed E-state index contributed by atoms with van der Waals surface area (Å²) in [7, 11) is 0. The van der Waals surface area contributed by atoms with Gasteiger partial charge < -0.3 is 15.0 Å². The zero-order valence-electron chi connectivity index (χ0n) is 13.1. The minimum absolute atomic E-state index is 0.176. The molecule has 1 N–H and O–H groups in total. The van der Waals surface area contributed by atoms with Crippen LogP contribution in [0.2, 0.25) is 0 Å². The highest BCUT2D eigenvalue weighted by Crippen LogP contribution is 2.32. The van der Waals surface area contributed by atoms with Crippen molar-refractivity contribution < 1.29 is 4.74 Å². The number of nitrogens with one attached hydrogen (secondary N) is 1. The predicted molar refractivity (Wildman–Crippen MR) is 88.8 cm³/mol. The first-order valence-electron chi connectivity index (χ1n) is 7.99. The Bertz CT molecular complexity index is 634. The highest BCUT2D eigenvalue weighted by molar-refractivity contribution is 7.13. The van der Waals surface area contributed by atoms with Crippen molar-refractivity contribution >= 4 is 22.3 Å². The van der Waals surface area contributed by atoms with Gasteiger partial charge in [-0.25, -0.2) is 0 Å². The van der Waals surface area contributed by atoms with Gasteiger partial charge in [0.15, 0.2) is 0 Å². The van der Waals surface area contributed by atoms with E-state index in [2.05, 4.69) is 30.6 Å². The van der Waals surface area contributed by atoms with Crippen molar-refractivity contribution in [2.75, 3.05) is 29.9 Å². The first-order valence-corrected chi connectivity index (χ1v) is 8.87. The lowest BCUT2D eigenvalue weighted by Gasteiger charge is -2.45. The molecule has 7 nitrogen and oxygen atoms in total. The third-order valence-corrected chi connectivity index (χ3v) is 5.26. The summed E-state index contributed by atoms with van der Waals surface area (Å²) in [6.07, 6.45) is 2.54. The molecule has 0 aromatic carbocycles. The number of rotatable bonds is 3. The molecule has 0 spiro atoms. The quantitative estimate of drug-likeness (QED) is 0.917. The van der Waals surface area contributed by atoms with Gasteiger partial charge in [-0.3, -0.25) is 0 Å². The van der Waals surface area contributed by atoms with Crippen LogP contribution in [-0.2, 0) is 4.74 Å². The summed E-state index contributed by atoms with van der Waals surface area (Å²) < 4.78 is 6.09. The maximum Gasteiger partial charge on any atom is 0.208 e. The van der Waals surface area contributed by atoms with Crippen LogP contribution >= 0.6 is 11.3 Å². The van der Waals surface area contributed by atoms with Gasteiger partial charge in [-0.15, -0.1) is 15.3 Å². The minimum Gasteiger partial charge on any atom is -0.376 e. The second-order valence-electron chi connectivity index (χ2n) is 6.17. The zero-order chi connectivity index (χ0) is 15.6. The molecule has 8 heteroatoms. The predicted octanol–water partition coefficient (Wildman–Crippen LogP) is 1.73. The highest BCUT2D eigenvalue weighted by Gasteiger charge is 2.40. The van der Waals surface area contributed by atoms with Gasteiger partial charge in [-0.2, -0.15) is 5.10 Å². The minimum atomic E-state index is 0.176. The Morgan fingerprint density at radius 2 is 2.22 bits per heavy atom. The Hall–Kier alpha value is -1.80. The number of aryl methyl sites for hydroxylation is 1. The topological polar surface area (TPSA) is 76.1 Å². The van der Waals surface area contributed by atoms with E-state index in [0.29, 0.717) is 5.92 Å². The Labute approximate surface area is 139 Å².